The van der Waals surface area contributed by atoms with Gasteiger partial charge in [0.1, 0.15) is 5.52 Å². The number of nitrogens with zero attached hydrogens (tertiary/aromatic N) is 5. The molecule has 0 aliphatic heterocycles. The van der Waals surface area contributed by atoms with E-state index < -0.39 is 0 Å². The van der Waals surface area contributed by atoms with Gasteiger partial charge in [0.2, 0.25) is 5.75 Å². The van der Waals surface area contributed by atoms with Crippen LogP contribution < -0.4 is 9.47 Å². The zero-order chi connectivity index (χ0) is 18.8. The lowest BCUT2D eigenvalue weighted by Gasteiger charge is -2.09. The number of methoxy groups -OCH3 is 2. The van der Waals surface area contributed by atoms with E-state index in [-0.39, 0.29) is 18.2 Å². The van der Waals surface area contributed by atoms with Crippen LogP contribution in [0.1, 0.15) is 5.56 Å². The minimum atomic E-state index is -0.0579. The normalized spacial score (nSPS) is 11.5. The van der Waals surface area contributed by atoms with Crippen LogP contribution in [0.2, 0.25) is 0 Å². The molecule has 0 spiro atoms. The first-order valence-electron chi connectivity index (χ1n) is 8.12. The van der Waals surface area contributed by atoms with Crippen LogP contribution in [0.3, 0.4) is 0 Å². The summed E-state index contributed by atoms with van der Waals surface area (Å²) < 4.78 is 10.3. The van der Waals surface area contributed by atoms with Gasteiger partial charge in [-0.25, -0.2) is 0 Å². The van der Waals surface area contributed by atoms with Gasteiger partial charge in [-0.2, -0.15) is 10.1 Å². The van der Waals surface area contributed by atoms with E-state index in [1.807, 2.05) is 24.3 Å². The van der Waals surface area contributed by atoms with E-state index in [4.69, 9.17) is 9.47 Å². The molecule has 136 valence electrons. The van der Waals surface area contributed by atoms with E-state index in [1.165, 1.54) is 14.2 Å². The van der Waals surface area contributed by atoms with Gasteiger partial charge in [-0.05, 0) is 23.8 Å². The van der Waals surface area contributed by atoms with Crippen LogP contribution in [0.25, 0.3) is 22.1 Å². The number of aromatic amines is 1. The molecule has 0 fully saturated rings. The molecule has 27 heavy (non-hydrogen) atoms. The second-order valence-corrected chi connectivity index (χ2v) is 5.73. The van der Waals surface area contributed by atoms with Crippen molar-refractivity contribution in [1.82, 2.24) is 20.2 Å². The number of nitrogens with one attached hydrogen (secondary N) is 1. The Kier molecular flexibility index (Phi) is 4.25. The summed E-state index contributed by atoms with van der Waals surface area (Å²) in [6, 6.07) is 11.1. The van der Waals surface area contributed by atoms with Gasteiger partial charge in [0.25, 0.3) is 5.95 Å². The molecule has 0 amide bonds. The Labute approximate surface area is 153 Å². The molecule has 0 aliphatic carbocycles. The van der Waals surface area contributed by atoms with Gasteiger partial charge in [0.05, 0.1) is 20.8 Å². The van der Waals surface area contributed by atoms with Gasteiger partial charge >= 0.3 is 0 Å². The number of benzene rings is 2. The molecule has 0 atom stereocenters. The highest BCUT2D eigenvalue weighted by Crippen LogP contribution is 2.37. The number of aromatic nitrogens is 4. The molecule has 4 rings (SSSR count). The summed E-state index contributed by atoms with van der Waals surface area (Å²) in [6.07, 6.45) is 0. The van der Waals surface area contributed by atoms with Crippen LogP contribution in [0.5, 0.6) is 17.2 Å². The van der Waals surface area contributed by atoms with Crippen LogP contribution in [-0.2, 0) is 6.54 Å². The minimum Gasteiger partial charge on any atom is -0.502 e. The quantitative estimate of drug-likeness (QED) is 0.523. The van der Waals surface area contributed by atoms with Crippen LogP contribution in [0, 0.1) is 0 Å². The first-order valence-corrected chi connectivity index (χ1v) is 8.12. The zero-order valence-electron chi connectivity index (χ0n) is 14.7. The maximum Gasteiger partial charge on any atom is 0.289 e. The Morgan fingerprint density at radius 3 is 2.56 bits per heavy atom. The fourth-order valence-corrected chi connectivity index (χ4v) is 2.77. The summed E-state index contributed by atoms with van der Waals surface area (Å²) in [5.41, 5.74) is 2.99. The van der Waals surface area contributed by atoms with Gasteiger partial charge in [-0.3, -0.25) is 0 Å². The number of ether oxygens (including phenoxy) is 2. The fourth-order valence-electron chi connectivity index (χ4n) is 2.77. The molecule has 2 N–H and O–H groups in total. The number of hydrogen-bond donors (Lipinski definition) is 2. The molecule has 0 radical (unpaired) electrons. The number of phenolic OH excluding ortho intramolecular Hbond substituents is 1. The average Bonchev–Trinajstić information content (AvgIpc) is 3.06. The summed E-state index contributed by atoms with van der Waals surface area (Å²) in [7, 11) is 2.93. The predicted molar refractivity (Wildman–Crippen MR) is 98.6 cm³/mol. The standard InChI is InChI=1S/C18H16N6O3/c1-26-13-7-10(8-14(27-2)16(13)25)9-19-23-18-21-17-15(22-24-18)11-5-3-4-6-12(11)20-17/h3-8,25H,9H2,1-2H3,(H,20,21,24). The molecule has 9 heteroatoms. The fraction of sp³-hybridized carbons (Fsp3) is 0.167. The van der Waals surface area contributed by atoms with Crippen molar-refractivity contribution in [3.8, 4) is 17.2 Å². The van der Waals surface area contributed by atoms with Crippen LogP contribution in [0.15, 0.2) is 46.6 Å². The Bertz CT molecular complexity index is 1130. The number of H-pyrrole nitrogens is 1. The Hall–Kier alpha value is -3.75. The SMILES string of the molecule is COc1cc(CN=Nc2nnc3c(n2)[nH]c2ccccc23)cc(OC)c1O. The maximum absolute atomic E-state index is 9.94. The second kappa shape index (κ2) is 6.87. The Morgan fingerprint density at radius 1 is 1.07 bits per heavy atom. The minimum absolute atomic E-state index is 0.0579. The van der Waals surface area contributed by atoms with Crippen molar-refractivity contribution >= 4 is 28.0 Å². The third kappa shape index (κ3) is 3.10. The number of azo groups is 1. The van der Waals surface area contributed by atoms with Crippen molar-refractivity contribution in [2.45, 2.75) is 6.54 Å². The molecule has 2 aromatic heterocycles. The Balaban J connectivity index is 1.59. The number of para-hydroxylation sites is 1. The second-order valence-electron chi connectivity index (χ2n) is 5.73. The highest BCUT2D eigenvalue weighted by atomic mass is 16.5. The summed E-state index contributed by atoms with van der Waals surface area (Å²) in [6.45, 7) is 0.237. The Morgan fingerprint density at radius 2 is 1.81 bits per heavy atom. The molecule has 0 aliphatic rings. The third-order valence-electron chi connectivity index (χ3n) is 4.06. The molecule has 0 saturated carbocycles. The molecule has 9 nitrogen and oxygen atoms in total. The maximum atomic E-state index is 9.94. The van der Waals surface area contributed by atoms with Crippen molar-refractivity contribution in [3.63, 3.8) is 0 Å². The smallest absolute Gasteiger partial charge is 0.289 e. The predicted octanol–water partition coefficient (Wildman–Crippen LogP) is 3.51. The summed E-state index contributed by atoms with van der Waals surface area (Å²) >= 11 is 0. The average molecular weight is 364 g/mol. The molecule has 4 aromatic rings. The molecule has 0 unspecified atom stereocenters. The van der Waals surface area contributed by atoms with Crippen molar-refractivity contribution < 1.29 is 14.6 Å². The van der Waals surface area contributed by atoms with E-state index in [0.717, 1.165) is 16.5 Å². The molecular formula is C18H16N6O3. The van der Waals surface area contributed by atoms with Gasteiger partial charge in [-0.15, -0.1) is 15.3 Å². The van der Waals surface area contributed by atoms with Crippen molar-refractivity contribution in [2.75, 3.05) is 14.2 Å². The topological polar surface area (TPSA) is 118 Å². The highest BCUT2D eigenvalue weighted by molar-refractivity contribution is 6.03. The largest absolute Gasteiger partial charge is 0.502 e. The lowest BCUT2D eigenvalue weighted by atomic mass is 10.2. The van der Waals surface area contributed by atoms with E-state index >= 15 is 0 Å². The number of hydrogen-bond acceptors (Lipinski definition) is 8. The van der Waals surface area contributed by atoms with Crippen LogP contribution >= 0.6 is 0 Å². The summed E-state index contributed by atoms with van der Waals surface area (Å²) in [4.78, 5) is 7.53. The molecule has 0 saturated heterocycles. The number of aromatic hydroxyl groups is 1. The molecule has 2 aromatic carbocycles. The zero-order valence-corrected chi connectivity index (χ0v) is 14.7. The van der Waals surface area contributed by atoms with Gasteiger partial charge < -0.3 is 19.6 Å². The van der Waals surface area contributed by atoms with E-state index in [2.05, 4.69) is 30.4 Å². The van der Waals surface area contributed by atoms with Gasteiger partial charge in [0, 0.05) is 10.9 Å². The van der Waals surface area contributed by atoms with E-state index in [0.29, 0.717) is 22.7 Å². The summed E-state index contributed by atoms with van der Waals surface area (Å²) in [5, 5.41) is 27.2. The summed E-state index contributed by atoms with van der Waals surface area (Å²) in [5.74, 6) is 0.707. The van der Waals surface area contributed by atoms with Crippen molar-refractivity contribution in [1.29, 1.82) is 0 Å². The third-order valence-corrected chi connectivity index (χ3v) is 4.06. The highest BCUT2D eigenvalue weighted by Gasteiger charge is 2.11. The van der Waals surface area contributed by atoms with Crippen LogP contribution in [-0.4, -0.2) is 39.5 Å². The monoisotopic (exact) mass is 364 g/mol. The number of phenols is 1. The van der Waals surface area contributed by atoms with Crippen molar-refractivity contribution in [3.05, 3.63) is 42.0 Å². The first-order chi connectivity index (χ1) is 13.2. The molecular weight excluding hydrogens is 348 g/mol. The van der Waals surface area contributed by atoms with Gasteiger partial charge in [0.15, 0.2) is 17.1 Å². The lowest BCUT2D eigenvalue weighted by molar-refractivity contribution is 0.339. The van der Waals surface area contributed by atoms with E-state index in [1.54, 1.807) is 12.1 Å². The van der Waals surface area contributed by atoms with Crippen molar-refractivity contribution in [2.24, 2.45) is 10.2 Å². The van der Waals surface area contributed by atoms with Gasteiger partial charge in [-0.1, -0.05) is 18.2 Å². The number of fused-ring (bicyclic) bond motifs is 3. The molecule has 0 bridgehead atoms. The van der Waals surface area contributed by atoms with E-state index in [9.17, 15) is 5.11 Å². The number of rotatable bonds is 5. The molecule has 2 heterocycles. The first kappa shape index (κ1) is 16.7. The van der Waals surface area contributed by atoms with Crippen LogP contribution in [0.4, 0.5) is 5.95 Å². The lowest BCUT2D eigenvalue weighted by Crippen LogP contribution is -1.92.